The molecular formula is C15H24ClN3O2. The van der Waals surface area contributed by atoms with E-state index in [1.165, 1.54) is 0 Å². The van der Waals surface area contributed by atoms with Crippen LogP contribution < -0.4 is 5.32 Å². The molecule has 1 aliphatic heterocycles. The number of carbonyl (C=O) groups is 1. The Morgan fingerprint density at radius 3 is 2.76 bits per heavy atom. The first-order valence-corrected chi connectivity index (χ1v) is 7.32. The van der Waals surface area contributed by atoms with E-state index < -0.39 is 17.9 Å². The summed E-state index contributed by atoms with van der Waals surface area (Å²) in [4.78, 5) is 18.1. The van der Waals surface area contributed by atoms with Gasteiger partial charge in [0.25, 0.3) is 0 Å². The first kappa shape index (κ1) is 17.6. The van der Waals surface area contributed by atoms with E-state index >= 15 is 0 Å². The van der Waals surface area contributed by atoms with Crippen LogP contribution in [0, 0.1) is 0 Å². The van der Waals surface area contributed by atoms with Crippen molar-refractivity contribution in [3.05, 3.63) is 24.0 Å². The SMILES string of the molecule is C=C1CCN(C(=O)OC(C)(C)C)C(C)/N=C(Cl)\C=C(/C)N1. The molecule has 1 amide bonds. The van der Waals surface area contributed by atoms with Crippen molar-refractivity contribution < 1.29 is 9.53 Å². The van der Waals surface area contributed by atoms with E-state index in [2.05, 4.69) is 16.9 Å². The normalized spacial score (nSPS) is 26.1. The van der Waals surface area contributed by atoms with Gasteiger partial charge in [0.15, 0.2) is 0 Å². The highest BCUT2D eigenvalue weighted by atomic mass is 35.5. The Bertz CT molecular complexity index is 478. The maximum atomic E-state index is 12.3. The Kier molecular flexibility index (Phi) is 5.84. The quantitative estimate of drug-likeness (QED) is 0.743. The van der Waals surface area contributed by atoms with Crippen molar-refractivity contribution in [3.63, 3.8) is 0 Å². The fraction of sp³-hybridized carbons (Fsp3) is 0.600. The average Bonchev–Trinajstić information content (AvgIpc) is 2.24. The number of allylic oxidation sites excluding steroid dienone is 2. The van der Waals surface area contributed by atoms with Gasteiger partial charge in [-0.25, -0.2) is 9.79 Å². The van der Waals surface area contributed by atoms with Gasteiger partial charge in [0.1, 0.15) is 16.9 Å². The first-order chi connectivity index (χ1) is 9.58. The van der Waals surface area contributed by atoms with E-state index in [0.29, 0.717) is 18.1 Å². The number of carbonyl (C=O) groups excluding carboxylic acids is 1. The smallest absolute Gasteiger partial charge is 0.412 e. The molecular weight excluding hydrogens is 290 g/mol. The molecule has 1 aliphatic rings. The number of halogens is 1. The molecule has 0 fully saturated rings. The highest BCUT2D eigenvalue weighted by molar-refractivity contribution is 6.68. The summed E-state index contributed by atoms with van der Waals surface area (Å²) in [5.74, 6) is 0. The number of ether oxygens (including phenoxy) is 1. The lowest BCUT2D eigenvalue weighted by Crippen LogP contribution is -2.42. The number of hydrogen-bond donors (Lipinski definition) is 1. The molecule has 0 saturated heterocycles. The largest absolute Gasteiger partial charge is 0.444 e. The molecule has 1 atom stereocenters. The van der Waals surface area contributed by atoms with E-state index in [-0.39, 0.29) is 0 Å². The summed E-state index contributed by atoms with van der Waals surface area (Å²) in [5, 5.41) is 3.45. The van der Waals surface area contributed by atoms with Gasteiger partial charge in [0, 0.05) is 24.4 Å². The van der Waals surface area contributed by atoms with Crippen molar-refractivity contribution in [3.8, 4) is 0 Å². The van der Waals surface area contributed by atoms with Crippen LogP contribution in [0.1, 0.15) is 41.0 Å². The molecule has 0 bridgehead atoms. The Labute approximate surface area is 131 Å². The summed E-state index contributed by atoms with van der Waals surface area (Å²) in [6, 6.07) is 0. The molecule has 0 saturated carbocycles. The fourth-order valence-corrected chi connectivity index (χ4v) is 2.15. The molecule has 5 nitrogen and oxygen atoms in total. The molecule has 1 unspecified atom stereocenters. The molecule has 0 aliphatic carbocycles. The van der Waals surface area contributed by atoms with E-state index in [4.69, 9.17) is 16.3 Å². The Hall–Kier alpha value is -1.49. The predicted octanol–water partition coefficient (Wildman–Crippen LogP) is 3.62. The molecule has 1 N–H and O–H groups in total. The molecule has 21 heavy (non-hydrogen) atoms. The third-order valence-corrected chi connectivity index (χ3v) is 2.96. The van der Waals surface area contributed by atoms with E-state index in [1.54, 1.807) is 11.0 Å². The van der Waals surface area contributed by atoms with Crippen LogP contribution in [0.2, 0.25) is 0 Å². The maximum absolute atomic E-state index is 12.3. The van der Waals surface area contributed by atoms with E-state index in [9.17, 15) is 4.79 Å². The summed E-state index contributed by atoms with van der Waals surface area (Å²) >= 11 is 6.09. The van der Waals surface area contributed by atoms with Crippen molar-refractivity contribution in [2.24, 2.45) is 4.99 Å². The minimum Gasteiger partial charge on any atom is -0.444 e. The summed E-state index contributed by atoms with van der Waals surface area (Å²) in [6.07, 6.45) is 1.52. The number of hydrogen-bond acceptors (Lipinski definition) is 4. The van der Waals surface area contributed by atoms with Crippen LogP contribution in [0.3, 0.4) is 0 Å². The molecule has 0 aromatic rings. The third kappa shape index (κ3) is 6.21. The molecule has 118 valence electrons. The van der Waals surface area contributed by atoms with Crippen LogP contribution in [0.4, 0.5) is 4.79 Å². The number of nitrogens with zero attached hydrogens (tertiary/aromatic N) is 2. The zero-order valence-electron chi connectivity index (χ0n) is 13.4. The number of rotatable bonds is 0. The van der Waals surface area contributed by atoms with Gasteiger partial charge < -0.3 is 10.1 Å². The third-order valence-electron chi connectivity index (χ3n) is 2.75. The van der Waals surface area contributed by atoms with Gasteiger partial charge in [-0.2, -0.15) is 0 Å². The monoisotopic (exact) mass is 313 g/mol. The first-order valence-electron chi connectivity index (χ1n) is 6.94. The molecule has 1 heterocycles. The number of aliphatic imine (C=N–C) groups is 1. The lowest BCUT2D eigenvalue weighted by atomic mass is 10.2. The second-order valence-electron chi connectivity index (χ2n) is 6.06. The molecule has 1 rings (SSSR count). The van der Waals surface area contributed by atoms with Crippen molar-refractivity contribution in [1.82, 2.24) is 10.2 Å². The van der Waals surface area contributed by atoms with Crippen LogP contribution in [-0.2, 0) is 4.74 Å². The second-order valence-corrected chi connectivity index (χ2v) is 6.45. The van der Waals surface area contributed by atoms with E-state index in [1.807, 2.05) is 34.6 Å². The minimum absolute atomic E-state index is 0.329. The van der Waals surface area contributed by atoms with Gasteiger partial charge in [-0.05, 0) is 40.7 Å². The van der Waals surface area contributed by atoms with Gasteiger partial charge in [0.2, 0.25) is 0 Å². The van der Waals surface area contributed by atoms with Gasteiger partial charge in [0.05, 0.1) is 0 Å². The highest BCUT2D eigenvalue weighted by Crippen LogP contribution is 2.15. The summed E-state index contributed by atoms with van der Waals surface area (Å²) < 4.78 is 5.42. The van der Waals surface area contributed by atoms with Crippen LogP contribution in [0.15, 0.2) is 29.0 Å². The average molecular weight is 314 g/mol. The molecule has 0 aromatic carbocycles. The molecule has 0 aromatic heterocycles. The summed E-state index contributed by atoms with van der Waals surface area (Å²) in [7, 11) is 0. The van der Waals surface area contributed by atoms with Gasteiger partial charge in [-0.3, -0.25) is 4.90 Å². The topological polar surface area (TPSA) is 53.9 Å². The van der Waals surface area contributed by atoms with Crippen molar-refractivity contribution in [2.45, 2.75) is 52.8 Å². The van der Waals surface area contributed by atoms with Gasteiger partial charge in [-0.15, -0.1) is 0 Å². The Morgan fingerprint density at radius 1 is 1.57 bits per heavy atom. The number of nitrogens with one attached hydrogen (secondary N) is 1. The van der Waals surface area contributed by atoms with Gasteiger partial charge in [-0.1, -0.05) is 18.2 Å². The number of amides is 1. The predicted molar refractivity (Wildman–Crippen MR) is 86.3 cm³/mol. The van der Waals surface area contributed by atoms with Crippen molar-refractivity contribution in [1.29, 1.82) is 0 Å². The zero-order valence-corrected chi connectivity index (χ0v) is 14.1. The zero-order chi connectivity index (χ0) is 16.2. The molecule has 0 radical (unpaired) electrons. The molecule has 0 spiro atoms. The minimum atomic E-state index is -0.550. The molecule has 6 heteroatoms. The summed E-state index contributed by atoms with van der Waals surface area (Å²) in [6.45, 7) is 13.6. The highest BCUT2D eigenvalue weighted by Gasteiger charge is 2.26. The van der Waals surface area contributed by atoms with E-state index in [0.717, 1.165) is 11.4 Å². The fourth-order valence-electron chi connectivity index (χ4n) is 1.85. The maximum Gasteiger partial charge on any atom is 0.412 e. The van der Waals surface area contributed by atoms with Crippen molar-refractivity contribution in [2.75, 3.05) is 6.54 Å². The van der Waals surface area contributed by atoms with Crippen LogP contribution in [-0.4, -0.2) is 34.5 Å². The van der Waals surface area contributed by atoms with Crippen LogP contribution in [0.5, 0.6) is 0 Å². The Balaban J connectivity index is 2.99. The van der Waals surface area contributed by atoms with Crippen LogP contribution in [0.25, 0.3) is 0 Å². The Morgan fingerprint density at radius 2 is 2.19 bits per heavy atom. The summed E-state index contributed by atoms with van der Waals surface area (Å²) in [5.41, 5.74) is 1.13. The standard InChI is InChI=1S/C15H24ClN3O2/c1-10-7-8-19(14(20)21-15(4,5)6)12(3)18-13(16)9-11(2)17-10/h9,12,17H,1,7-8H2,2-6H3/b11-9+,18-13+. The lowest BCUT2D eigenvalue weighted by molar-refractivity contribution is 0.0186. The van der Waals surface area contributed by atoms with Gasteiger partial charge >= 0.3 is 6.09 Å². The van der Waals surface area contributed by atoms with Crippen molar-refractivity contribution >= 4 is 22.9 Å². The second kappa shape index (κ2) is 6.98. The van der Waals surface area contributed by atoms with Crippen LogP contribution >= 0.6 is 11.6 Å². The lowest BCUT2D eigenvalue weighted by Gasteiger charge is -2.30.